The number of ether oxygens (including phenoxy) is 1. The third-order valence-electron chi connectivity index (χ3n) is 2.66. The Labute approximate surface area is 96.5 Å². The van der Waals surface area contributed by atoms with Crippen molar-refractivity contribution in [3.8, 4) is 0 Å². The van der Waals surface area contributed by atoms with Gasteiger partial charge in [-0.15, -0.1) is 0 Å². The summed E-state index contributed by atoms with van der Waals surface area (Å²) in [6.45, 7) is 6.07. The maximum atomic E-state index is 9.98. The first kappa shape index (κ1) is 13.1. The van der Waals surface area contributed by atoms with Gasteiger partial charge in [0, 0.05) is 19.6 Å². The van der Waals surface area contributed by atoms with E-state index < -0.39 is 6.10 Å². The molecule has 0 aromatic carbocycles. The standard InChI is InChI=1S/C11H21N3O2/c1-5-10(16-4)9(15)6-11-12-7-13-14(11)8(2)3/h7-10,15H,5-6H2,1-4H3. The third kappa shape index (κ3) is 3.02. The summed E-state index contributed by atoms with van der Waals surface area (Å²) >= 11 is 0. The highest BCUT2D eigenvalue weighted by atomic mass is 16.5. The van der Waals surface area contributed by atoms with Crippen LogP contribution in [0.1, 0.15) is 39.1 Å². The number of aliphatic hydroxyl groups is 1. The second kappa shape index (κ2) is 5.96. The Kier molecular flexibility index (Phi) is 4.89. The molecule has 0 aliphatic heterocycles. The lowest BCUT2D eigenvalue weighted by molar-refractivity contribution is -0.0142. The molecule has 0 saturated carbocycles. The van der Waals surface area contributed by atoms with Crippen molar-refractivity contribution in [2.75, 3.05) is 7.11 Å². The molecule has 1 aromatic heterocycles. The molecular weight excluding hydrogens is 206 g/mol. The lowest BCUT2D eigenvalue weighted by Gasteiger charge is -2.20. The molecule has 1 rings (SSSR count). The minimum atomic E-state index is -0.531. The number of hydrogen-bond donors (Lipinski definition) is 1. The lowest BCUT2D eigenvalue weighted by Crippen LogP contribution is -2.30. The summed E-state index contributed by atoms with van der Waals surface area (Å²) in [7, 11) is 1.62. The summed E-state index contributed by atoms with van der Waals surface area (Å²) in [5.74, 6) is 0.804. The predicted molar refractivity (Wildman–Crippen MR) is 61.2 cm³/mol. The van der Waals surface area contributed by atoms with E-state index in [0.717, 1.165) is 12.2 Å². The number of nitrogens with zero attached hydrogens (tertiary/aromatic N) is 3. The van der Waals surface area contributed by atoms with Crippen LogP contribution in [0.15, 0.2) is 6.33 Å². The van der Waals surface area contributed by atoms with Crippen LogP contribution < -0.4 is 0 Å². The minimum absolute atomic E-state index is 0.141. The Morgan fingerprint density at radius 2 is 2.19 bits per heavy atom. The largest absolute Gasteiger partial charge is 0.390 e. The fourth-order valence-electron chi connectivity index (χ4n) is 1.77. The van der Waals surface area contributed by atoms with Gasteiger partial charge in [-0.3, -0.25) is 0 Å². The zero-order chi connectivity index (χ0) is 12.1. The van der Waals surface area contributed by atoms with Gasteiger partial charge in [0.2, 0.25) is 0 Å². The van der Waals surface area contributed by atoms with Gasteiger partial charge in [0.1, 0.15) is 12.2 Å². The maximum absolute atomic E-state index is 9.98. The predicted octanol–water partition coefficient (Wildman–Crippen LogP) is 1.19. The van der Waals surface area contributed by atoms with Crippen molar-refractivity contribution in [2.24, 2.45) is 0 Å². The summed E-state index contributed by atoms with van der Waals surface area (Å²) < 4.78 is 7.03. The average Bonchev–Trinajstić information content (AvgIpc) is 2.67. The van der Waals surface area contributed by atoms with E-state index in [1.54, 1.807) is 7.11 Å². The van der Waals surface area contributed by atoms with Crippen molar-refractivity contribution >= 4 is 0 Å². The Bertz CT molecular complexity index is 308. The van der Waals surface area contributed by atoms with Gasteiger partial charge in [0.05, 0.1) is 12.2 Å². The molecule has 92 valence electrons. The topological polar surface area (TPSA) is 60.2 Å². The van der Waals surface area contributed by atoms with Gasteiger partial charge in [-0.1, -0.05) is 6.92 Å². The van der Waals surface area contributed by atoms with E-state index in [1.807, 2.05) is 25.5 Å². The first-order valence-electron chi connectivity index (χ1n) is 5.69. The molecule has 0 bridgehead atoms. The van der Waals surface area contributed by atoms with Crippen molar-refractivity contribution in [2.45, 2.75) is 51.9 Å². The Balaban J connectivity index is 2.68. The highest BCUT2D eigenvalue weighted by Gasteiger charge is 2.20. The second-order valence-electron chi connectivity index (χ2n) is 4.17. The molecule has 0 aliphatic rings. The van der Waals surface area contributed by atoms with Crippen LogP contribution in [0.2, 0.25) is 0 Å². The second-order valence-corrected chi connectivity index (χ2v) is 4.17. The van der Waals surface area contributed by atoms with Gasteiger partial charge in [0.15, 0.2) is 0 Å². The Hall–Kier alpha value is -0.940. The number of rotatable bonds is 6. The third-order valence-corrected chi connectivity index (χ3v) is 2.66. The molecule has 0 spiro atoms. The molecular formula is C11H21N3O2. The Morgan fingerprint density at radius 3 is 2.69 bits per heavy atom. The smallest absolute Gasteiger partial charge is 0.138 e. The summed E-state index contributed by atoms with van der Waals surface area (Å²) in [6, 6.07) is 0.257. The molecule has 0 radical (unpaired) electrons. The van der Waals surface area contributed by atoms with E-state index in [-0.39, 0.29) is 12.1 Å². The summed E-state index contributed by atoms with van der Waals surface area (Å²) in [5.41, 5.74) is 0. The van der Waals surface area contributed by atoms with Crippen molar-refractivity contribution in [3.63, 3.8) is 0 Å². The molecule has 0 fully saturated rings. The molecule has 1 aromatic rings. The number of aromatic nitrogens is 3. The van der Waals surface area contributed by atoms with Crippen molar-refractivity contribution < 1.29 is 9.84 Å². The molecule has 5 nitrogen and oxygen atoms in total. The van der Waals surface area contributed by atoms with Gasteiger partial charge >= 0.3 is 0 Å². The van der Waals surface area contributed by atoms with E-state index >= 15 is 0 Å². The normalized spacial score (nSPS) is 15.4. The van der Waals surface area contributed by atoms with Crippen LogP contribution in [-0.4, -0.2) is 39.2 Å². The van der Waals surface area contributed by atoms with Crippen LogP contribution in [0.5, 0.6) is 0 Å². The SMILES string of the molecule is CCC(OC)C(O)Cc1ncnn1C(C)C. The van der Waals surface area contributed by atoms with Gasteiger partial charge in [-0.05, 0) is 20.3 Å². The molecule has 2 atom stereocenters. The van der Waals surface area contributed by atoms with Gasteiger partial charge in [0.25, 0.3) is 0 Å². The zero-order valence-corrected chi connectivity index (χ0v) is 10.4. The van der Waals surface area contributed by atoms with E-state index in [4.69, 9.17) is 4.74 Å². The van der Waals surface area contributed by atoms with Crippen LogP contribution in [0.3, 0.4) is 0 Å². The van der Waals surface area contributed by atoms with Gasteiger partial charge in [-0.25, -0.2) is 9.67 Å². The van der Waals surface area contributed by atoms with Crippen molar-refractivity contribution in [1.29, 1.82) is 0 Å². The fraction of sp³-hybridized carbons (Fsp3) is 0.818. The average molecular weight is 227 g/mol. The first-order valence-corrected chi connectivity index (χ1v) is 5.69. The quantitative estimate of drug-likeness (QED) is 0.793. The van der Waals surface area contributed by atoms with Crippen molar-refractivity contribution in [3.05, 3.63) is 12.2 Å². The number of methoxy groups -OCH3 is 1. The summed E-state index contributed by atoms with van der Waals surface area (Å²) in [6.07, 6.45) is 2.11. The molecule has 2 unspecified atom stereocenters. The summed E-state index contributed by atoms with van der Waals surface area (Å²) in [5, 5.41) is 14.1. The first-order chi connectivity index (χ1) is 7.60. The van der Waals surface area contributed by atoms with Crippen molar-refractivity contribution in [1.82, 2.24) is 14.8 Å². The maximum Gasteiger partial charge on any atom is 0.138 e. The van der Waals surface area contributed by atoms with Crippen LogP contribution in [0.25, 0.3) is 0 Å². The molecule has 0 aliphatic carbocycles. The number of hydrogen-bond acceptors (Lipinski definition) is 4. The highest BCUT2D eigenvalue weighted by Crippen LogP contribution is 2.11. The van der Waals surface area contributed by atoms with Crippen LogP contribution >= 0.6 is 0 Å². The molecule has 1 heterocycles. The van der Waals surface area contributed by atoms with E-state index in [2.05, 4.69) is 10.1 Å². The molecule has 16 heavy (non-hydrogen) atoms. The highest BCUT2D eigenvalue weighted by molar-refractivity contribution is 4.91. The van der Waals surface area contributed by atoms with E-state index in [9.17, 15) is 5.11 Å². The monoisotopic (exact) mass is 227 g/mol. The number of aliphatic hydroxyl groups excluding tert-OH is 1. The van der Waals surface area contributed by atoms with Gasteiger partial charge < -0.3 is 9.84 Å². The van der Waals surface area contributed by atoms with Crippen LogP contribution in [0.4, 0.5) is 0 Å². The molecule has 5 heteroatoms. The molecule has 0 amide bonds. The van der Waals surface area contributed by atoms with Gasteiger partial charge in [-0.2, -0.15) is 5.10 Å². The van der Waals surface area contributed by atoms with E-state index in [1.165, 1.54) is 6.33 Å². The minimum Gasteiger partial charge on any atom is -0.390 e. The molecule has 1 N–H and O–H groups in total. The van der Waals surface area contributed by atoms with Crippen LogP contribution in [-0.2, 0) is 11.2 Å². The Morgan fingerprint density at radius 1 is 1.50 bits per heavy atom. The van der Waals surface area contributed by atoms with E-state index in [0.29, 0.717) is 6.42 Å². The zero-order valence-electron chi connectivity index (χ0n) is 10.4. The van der Waals surface area contributed by atoms with Crippen LogP contribution in [0, 0.1) is 0 Å². The lowest BCUT2D eigenvalue weighted by atomic mass is 10.1. The molecule has 0 saturated heterocycles. The summed E-state index contributed by atoms with van der Waals surface area (Å²) in [4.78, 5) is 4.16. The fourth-order valence-corrected chi connectivity index (χ4v) is 1.77.